The van der Waals surface area contributed by atoms with Crippen molar-refractivity contribution in [1.82, 2.24) is 14.7 Å². The number of nitrogens with zero attached hydrogens (tertiary/aromatic N) is 3. The summed E-state index contributed by atoms with van der Waals surface area (Å²) in [5, 5.41) is 0. The summed E-state index contributed by atoms with van der Waals surface area (Å²) < 4.78 is 5.93. The minimum Gasteiger partial charge on any atom is -0.465 e. The zero-order chi connectivity index (χ0) is 16.1. The molecule has 0 saturated carbocycles. The lowest BCUT2D eigenvalue weighted by molar-refractivity contribution is 0.0962. The van der Waals surface area contributed by atoms with Crippen molar-refractivity contribution in [2.24, 2.45) is 0 Å². The maximum atomic E-state index is 5.93. The van der Waals surface area contributed by atoms with Gasteiger partial charge in [0.25, 0.3) is 0 Å². The lowest BCUT2D eigenvalue weighted by Gasteiger charge is -2.38. The van der Waals surface area contributed by atoms with Crippen molar-refractivity contribution in [3.63, 3.8) is 0 Å². The molecule has 0 amide bonds. The number of rotatable bonds is 6. The molecule has 1 unspecified atom stereocenters. The molecule has 0 aliphatic carbocycles. The number of likely N-dealkylation sites (N-methyl/N-ethyl adjacent to an activating group) is 1. The molecule has 2 aliphatic heterocycles. The number of piperidine rings is 1. The first-order valence-electron chi connectivity index (χ1n) is 9.47. The van der Waals surface area contributed by atoms with Crippen molar-refractivity contribution >= 4 is 0 Å². The van der Waals surface area contributed by atoms with Crippen LogP contribution < -0.4 is 0 Å². The zero-order valence-electron chi connectivity index (χ0n) is 15.0. The van der Waals surface area contributed by atoms with Crippen molar-refractivity contribution < 1.29 is 4.42 Å². The van der Waals surface area contributed by atoms with Gasteiger partial charge in [0.05, 0.1) is 6.54 Å². The fourth-order valence-corrected chi connectivity index (χ4v) is 3.90. The van der Waals surface area contributed by atoms with Gasteiger partial charge in [0.2, 0.25) is 0 Å². The Morgan fingerprint density at radius 1 is 1.04 bits per heavy atom. The predicted octanol–water partition coefficient (Wildman–Crippen LogP) is 2.83. The number of furan rings is 1. The van der Waals surface area contributed by atoms with E-state index in [2.05, 4.69) is 40.8 Å². The van der Waals surface area contributed by atoms with E-state index in [0.29, 0.717) is 0 Å². The van der Waals surface area contributed by atoms with Gasteiger partial charge in [0.15, 0.2) is 0 Å². The Morgan fingerprint density at radius 2 is 1.83 bits per heavy atom. The Hall–Kier alpha value is -0.840. The standard InChI is InChI=1S/C19H33N3O/c1-3-18-7-8-19(23-18)16-22-10-5-4-6-17(22)9-11-21-14-12-20(2)13-15-21/h7-8,17H,3-6,9-16H2,1-2H3. The third kappa shape index (κ3) is 4.82. The Morgan fingerprint density at radius 3 is 2.57 bits per heavy atom. The highest BCUT2D eigenvalue weighted by Crippen LogP contribution is 2.23. The van der Waals surface area contributed by atoms with Crippen LogP contribution in [0.5, 0.6) is 0 Å². The Kier molecular flexibility index (Phi) is 6.15. The smallest absolute Gasteiger partial charge is 0.118 e. The fraction of sp³-hybridized carbons (Fsp3) is 0.789. The third-order valence-corrected chi connectivity index (χ3v) is 5.55. The van der Waals surface area contributed by atoms with Crippen LogP contribution in [0.1, 0.15) is 44.1 Å². The molecule has 4 nitrogen and oxygen atoms in total. The summed E-state index contributed by atoms with van der Waals surface area (Å²) >= 11 is 0. The minimum atomic E-state index is 0.735. The van der Waals surface area contributed by atoms with Crippen LogP contribution in [0.25, 0.3) is 0 Å². The molecule has 0 aromatic carbocycles. The van der Waals surface area contributed by atoms with E-state index in [9.17, 15) is 0 Å². The van der Waals surface area contributed by atoms with Crippen molar-refractivity contribution in [1.29, 1.82) is 0 Å². The van der Waals surface area contributed by atoms with E-state index < -0.39 is 0 Å². The number of likely N-dealkylation sites (tertiary alicyclic amines) is 1. The molecule has 1 aromatic heterocycles. The van der Waals surface area contributed by atoms with Gasteiger partial charge in [0, 0.05) is 38.6 Å². The van der Waals surface area contributed by atoms with E-state index >= 15 is 0 Å². The Balaban J connectivity index is 1.49. The molecule has 3 rings (SSSR count). The Labute approximate surface area is 141 Å². The first-order chi connectivity index (χ1) is 11.2. The Bertz CT molecular complexity index is 465. The topological polar surface area (TPSA) is 22.9 Å². The molecule has 23 heavy (non-hydrogen) atoms. The van der Waals surface area contributed by atoms with Crippen molar-refractivity contribution in [2.45, 2.75) is 51.6 Å². The fourth-order valence-electron chi connectivity index (χ4n) is 3.90. The molecule has 0 bridgehead atoms. The summed E-state index contributed by atoms with van der Waals surface area (Å²) in [6, 6.07) is 5.04. The van der Waals surface area contributed by atoms with Crippen molar-refractivity contribution in [3.8, 4) is 0 Å². The molecule has 0 radical (unpaired) electrons. The largest absolute Gasteiger partial charge is 0.465 e. The van der Waals surface area contributed by atoms with Crippen LogP contribution in [0.3, 0.4) is 0 Å². The van der Waals surface area contributed by atoms with Gasteiger partial charge in [-0.05, 0) is 51.5 Å². The zero-order valence-corrected chi connectivity index (χ0v) is 15.0. The summed E-state index contributed by atoms with van der Waals surface area (Å²) in [7, 11) is 2.23. The van der Waals surface area contributed by atoms with Gasteiger partial charge < -0.3 is 14.2 Å². The highest BCUT2D eigenvalue weighted by molar-refractivity contribution is 5.07. The average Bonchev–Trinajstić information content (AvgIpc) is 3.03. The number of piperazine rings is 1. The van der Waals surface area contributed by atoms with E-state index in [1.165, 1.54) is 65.0 Å². The maximum Gasteiger partial charge on any atom is 0.118 e. The summed E-state index contributed by atoms with van der Waals surface area (Å²) in [6.07, 6.45) is 6.39. The van der Waals surface area contributed by atoms with Crippen LogP contribution in [-0.4, -0.2) is 67.1 Å². The molecular formula is C19H33N3O. The minimum absolute atomic E-state index is 0.735. The molecule has 2 fully saturated rings. The van der Waals surface area contributed by atoms with Gasteiger partial charge >= 0.3 is 0 Å². The molecule has 4 heteroatoms. The molecule has 2 aliphatic rings. The van der Waals surface area contributed by atoms with Crippen LogP contribution in [0.4, 0.5) is 0 Å². The molecule has 3 heterocycles. The van der Waals surface area contributed by atoms with Crippen LogP contribution in [0.2, 0.25) is 0 Å². The molecule has 130 valence electrons. The second-order valence-corrected chi connectivity index (χ2v) is 7.28. The number of aryl methyl sites for hydroxylation is 1. The molecule has 0 spiro atoms. The van der Waals surface area contributed by atoms with Crippen molar-refractivity contribution in [3.05, 3.63) is 23.7 Å². The van der Waals surface area contributed by atoms with Crippen LogP contribution in [0, 0.1) is 0 Å². The highest BCUT2D eigenvalue weighted by Gasteiger charge is 2.24. The predicted molar refractivity (Wildman–Crippen MR) is 94.7 cm³/mol. The van der Waals surface area contributed by atoms with Crippen LogP contribution in [-0.2, 0) is 13.0 Å². The summed E-state index contributed by atoms with van der Waals surface area (Å²) in [4.78, 5) is 7.75. The highest BCUT2D eigenvalue weighted by atomic mass is 16.3. The van der Waals surface area contributed by atoms with E-state index in [4.69, 9.17) is 4.42 Å². The van der Waals surface area contributed by atoms with Crippen LogP contribution >= 0.6 is 0 Å². The first kappa shape index (κ1) is 17.0. The maximum absolute atomic E-state index is 5.93. The number of hydrogen-bond acceptors (Lipinski definition) is 4. The molecule has 1 atom stereocenters. The third-order valence-electron chi connectivity index (χ3n) is 5.55. The summed E-state index contributed by atoms with van der Waals surface area (Å²) in [6.45, 7) is 10.6. The molecule has 1 aromatic rings. The van der Waals surface area contributed by atoms with Gasteiger partial charge in [-0.2, -0.15) is 0 Å². The number of hydrogen-bond donors (Lipinski definition) is 0. The summed E-state index contributed by atoms with van der Waals surface area (Å²) in [5.74, 6) is 2.26. The monoisotopic (exact) mass is 319 g/mol. The second-order valence-electron chi connectivity index (χ2n) is 7.28. The van der Waals surface area contributed by atoms with Gasteiger partial charge in [-0.1, -0.05) is 13.3 Å². The SMILES string of the molecule is CCc1ccc(CN2CCCCC2CCN2CCN(C)CC2)o1. The van der Waals surface area contributed by atoms with Crippen molar-refractivity contribution in [2.75, 3.05) is 46.3 Å². The summed E-state index contributed by atoms with van der Waals surface area (Å²) in [5.41, 5.74) is 0. The van der Waals surface area contributed by atoms with Gasteiger partial charge in [-0.25, -0.2) is 0 Å². The van der Waals surface area contributed by atoms with Crippen LogP contribution in [0.15, 0.2) is 16.5 Å². The second kappa shape index (κ2) is 8.32. The van der Waals surface area contributed by atoms with Gasteiger partial charge in [0.1, 0.15) is 11.5 Å². The molecular weight excluding hydrogens is 286 g/mol. The quantitative estimate of drug-likeness (QED) is 0.804. The lowest BCUT2D eigenvalue weighted by atomic mass is 9.98. The van der Waals surface area contributed by atoms with E-state index in [1.54, 1.807) is 0 Å². The van der Waals surface area contributed by atoms with Gasteiger partial charge in [-0.15, -0.1) is 0 Å². The first-order valence-corrected chi connectivity index (χ1v) is 9.47. The van der Waals surface area contributed by atoms with Gasteiger partial charge in [-0.3, -0.25) is 4.90 Å². The molecule has 2 saturated heterocycles. The normalized spacial score (nSPS) is 25.0. The molecule has 0 N–H and O–H groups in total. The lowest BCUT2D eigenvalue weighted by Crippen LogP contribution is -2.47. The van der Waals surface area contributed by atoms with E-state index in [0.717, 1.165) is 30.5 Å². The van der Waals surface area contributed by atoms with E-state index in [-0.39, 0.29) is 0 Å². The average molecular weight is 319 g/mol. The van der Waals surface area contributed by atoms with E-state index in [1.807, 2.05) is 0 Å².